The van der Waals surface area contributed by atoms with Gasteiger partial charge in [0.2, 0.25) is 0 Å². The van der Waals surface area contributed by atoms with E-state index in [1.54, 1.807) is 0 Å². The van der Waals surface area contributed by atoms with E-state index in [2.05, 4.69) is 30.0 Å². The van der Waals surface area contributed by atoms with Gasteiger partial charge in [-0.1, -0.05) is 25.0 Å². The third kappa shape index (κ3) is 2.20. The molecule has 2 atom stereocenters. The Bertz CT molecular complexity index is 474. The maximum absolute atomic E-state index is 10.7. The highest BCUT2D eigenvalue weighted by Crippen LogP contribution is 2.41. The number of nitrogens with two attached hydrogens (primary N) is 1. The minimum Gasteiger partial charge on any atom is -0.397 e. The monoisotopic (exact) mass is 260 g/mol. The highest BCUT2D eigenvalue weighted by Gasteiger charge is 2.42. The third-order valence-electron chi connectivity index (χ3n) is 5.07. The number of nitrogens with zero attached hydrogens (tertiary/aromatic N) is 1. The molecule has 2 aliphatic rings. The number of piperidine rings is 1. The second kappa shape index (κ2) is 4.71. The van der Waals surface area contributed by atoms with Crippen molar-refractivity contribution < 1.29 is 5.11 Å². The predicted octanol–water partition coefficient (Wildman–Crippen LogP) is 2.71. The van der Waals surface area contributed by atoms with Crippen LogP contribution in [0.25, 0.3) is 0 Å². The first-order chi connectivity index (χ1) is 9.10. The molecule has 2 fully saturated rings. The summed E-state index contributed by atoms with van der Waals surface area (Å²) in [6.07, 6.45) is 5.45. The second-order valence-corrected chi connectivity index (χ2v) is 6.25. The molecule has 1 aromatic rings. The molecule has 104 valence electrons. The van der Waals surface area contributed by atoms with Crippen LogP contribution in [0.5, 0.6) is 0 Å². The topological polar surface area (TPSA) is 49.5 Å². The molecule has 3 N–H and O–H groups in total. The van der Waals surface area contributed by atoms with Crippen LogP contribution in [-0.2, 0) is 0 Å². The summed E-state index contributed by atoms with van der Waals surface area (Å²) < 4.78 is 0. The van der Waals surface area contributed by atoms with Gasteiger partial charge in [-0.25, -0.2) is 0 Å². The Morgan fingerprint density at radius 2 is 2.16 bits per heavy atom. The van der Waals surface area contributed by atoms with Gasteiger partial charge in [-0.15, -0.1) is 0 Å². The SMILES string of the molecule is Cc1cccc(N2CCC3(O)CCCCC3C2)c1N. The van der Waals surface area contributed by atoms with Crippen LogP contribution in [0.15, 0.2) is 18.2 Å². The molecule has 0 radical (unpaired) electrons. The molecule has 1 heterocycles. The van der Waals surface area contributed by atoms with Crippen molar-refractivity contribution in [3.63, 3.8) is 0 Å². The summed E-state index contributed by atoms with van der Waals surface area (Å²) in [4.78, 5) is 2.37. The molecule has 3 nitrogen and oxygen atoms in total. The summed E-state index contributed by atoms with van der Waals surface area (Å²) in [6.45, 7) is 3.92. The second-order valence-electron chi connectivity index (χ2n) is 6.25. The van der Waals surface area contributed by atoms with E-state index in [0.29, 0.717) is 5.92 Å². The number of rotatable bonds is 1. The molecule has 3 rings (SSSR count). The van der Waals surface area contributed by atoms with Crippen LogP contribution in [0.3, 0.4) is 0 Å². The van der Waals surface area contributed by atoms with Gasteiger partial charge in [-0.3, -0.25) is 0 Å². The van der Waals surface area contributed by atoms with Gasteiger partial charge in [0.15, 0.2) is 0 Å². The van der Waals surface area contributed by atoms with Crippen LogP contribution < -0.4 is 10.6 Å². The van der Waals surface area contributed by atoms with Crippen LogP contribution in [0.1, 0.15) is 37.7 Å². The highest BCUT2D eigenvalue weighted by molar-refractivity contribution is 5.71. The fourth-order valence-corrected chi connectivity index (χ4v) is 3.73. The Balaban J connectivity index is 1.83. The van der Waals surface area contributed by atoms with Gasteiger partial charge in [0.05, 0.1) is 17.0 Å². The van der Waals surface area contributed by atoms with Gasteiger partial charge in [0.25, 0.3) is 0 Å². The molecule has 0 bridgehead atoms. The fourth-order valence-electron chi connectivity index (χ4n) is 3.73. The number of anilines is 2. The minimum absolute atomic E-state index is 0.409. The molecule has 1 aliphatic carbocycles. The molecule has 1 aliphatic heterocycles. The molecule has 1 saturated carbocycles. The van der Waals surface area contributed by atoms with Crippen molar-refractivity contribution in [2.45, 2.75) is 44.6 Å². The van der Waals surface area contributed by atoms with Crippen LogP contribution in [0, 0.1) is 12.8 Å². The first-order valence-corrected chi connectivity index (χ1v) is 7.42. The van der Waals surface area contributed by atoms with Gasteiger partial charge in [0.1, 0.15) is 0 Å². The molecular formula is C16H24N2O. The number of hydrogen-bond donors (Lipinski definition) is 2. The molecule has 19 heavy (non-hydrogen) atoms. The van der Waals surface area contributed by atoms with E-state index in [1.807, 2.05) is 0 Å². The number of hydrogen-bond acceptors (Lipinski definition) is 3. The summed E-state index contributed by atoms with van der Waals surface area (Å²) in [5, 5.41) is 10.7. The summed E-state index contributed by atoms with van der Waals surface area (Å²) >= 11 is 0. The van der Waals surface area contributed by atoms with Crippen molar-refractivity contribution in [1.29, 1.82) is 0 Å². The van der Waals surface area contributed by atoms with Crippen molar-refractivity contribution in [3.05, 3.63) is 23.8 Å². The molecule has 3 heteroatoms. The van der Waals surface area contributed by atoms with Crippen LogP contribution in [0.4, 0.5) is 11.4 Å². The van der Waals surface area contributed by atoms with Gasteiger partial charge < -0.3 is 15.7 Å². The standard InChI is InChI=1S/C16H24N2O/c1-12-5-4-7-14(15(12)17)18-10-9-16(19)8-3-2-6-13(16)11-18/h4-5,7,13,19H,2-3,6,8-11,17H2,1H3. The first kappa shape index (κ1) is 12.8. The van der Waals surface area contributed by atoms with Gasteiger partial charge in [-0.05, 0) is 37.8 Å². The summed E-state index contributed by atoms with van der Waals surface area (Å²) in [5.41, 5.74) is 8.98. The van der Waals surface area contributed by atoms with Crippen molar-refractivity contribution in [2.75, 3.05) is 23.7 Å². The van der Waals surface area contributed by atoms with Crippen molar-refractivity contribution in [3.8, 4) is 0 Å². The van der Waals surface area contributed by atoms with Crippen molar-refractivity contribution in [2.24, 2.45) is 5.92 Å². The van der Waals surface area contributed by atoms with Crippen LogP contribution in [-0.4, -0.2) is 23.8 Å². The number of aliphatic hydroxyl groups is 1. The number of benzene rings is 1. The first-order valence-electron chi connectivity index (χ1n) is 7.42. The third-order valence-corrected chi connectivity index (χ3v) is 5.07. The number of nitrogen functional groups attached to an aromatic ring is 1. The molecule has 1 saturated heterocycles. The molecule has 2 unspecified atom stereocenters. The minimum atomic E-state index is -0.409. The van der Waals surface area contributed by atoms with E-state index in [1.165, 1.54) is 12.8 Å². The average molecular weight is 260 g/mol. The summed E-state index contributed by atoms with van der Waals surface area (Å²) in [6, 6.07) is 6.23. The van der Waals surface area contributed by atoms with E-state index >= 15 is 0 Å². The Morgan fingerprint density at radius 3 is 3.00 bits per heavy atom. The number of para-hydroxylation sites is 1. The zero-order valence-corrected chi connectivity index (χ0v) is 11.7. The van der Waals surface area contributed by atoms with Crippen LogP contribution >= 0.6 is 0 Å². The van der Waals surface area contributed by atoms with E-state index in [4.69, 9.17) is 5.73 Å². The largest absolute Gasteiger partial charge is 0.397 e. The van der Waals surface area contributed by atoms with E-state index in [9.17, 15) is 5.11 Å². The van der Waals surface area contributed by atoms with Gasteiger partial charge in [-0.2, -0.15) is 0 Å². The molecule has 0 aromatic heterocycles. The van der Waals surface area contributed by atoms with Gasteiger partial charge >= 0.3 is 0 Å². The van der Waals surface area contributed by atoms with Crippen LogP contribution in [0.2, 0.25) is 0 Å². The molecule has 1 aromatic carbocycles. The Kier molecular flexibility index (Phi) is 3.17. The zero-order chi connectivity index (χ0) is 13.5. The van der Waals surface area contributed by atoms with E-state index in [-0.39, 0.29) is 0 Å². The maximum Gasteiger partial charge on any atom is 0.0709 e. The quantitative estimate of drug-likeness (QED) is 0.763. The molecule has 0 spiro atoms. The maximum atomic E-state index is 10.7. The predicted molar refractivity (Wildman–Crippen MR) is 79.3 cm³/mol. The average Bonchev–Trinajstić information content (AvgIpc) is 2.41. The fraction of sp³-hybridized carbons (Fsp3) is 0.625. The summed E-state index contributed by atoms with van der Waals surface area (Å²) in [5.74, 6) is 0.412. The lowest BCUT2D eigenvalue weighted by Gasteiger charge is -2.48. The van der Waals surface area contributed by atoms with Crippen molar-refractivity contribution >= 4 is 11.4 Å². The zero-order valence-electron chi connectivity index (χ0n) is 11.7. The Morgan fingerprint density at radius 1 is 1.32 bits per heavy atom. The summed E-state index contributed by atoms with van der Waals surface area (Å²) in [7, 11) is 0. The number of fused-ring (bicyclic) bond motifs is 1. The number of aryl methyl sites for hydroxylation is 1. The lowest BCUT2D eigenvalue weighted by atomic mass is 9.71. The van der Waals surface area contributed by atoms with Crippen molar-refractivity contribution in [1.82, 2.24) is 0 Å². The normalized spacial score (nSPS) is 31.1. The smallest absolute Gasteiger partial charge is 0.0709 e. The lowest BCUT2D eigenvalue weighted by molar-refractivity contribution is -0.0612. The highest BCUT2D eigenvalue weighted by atomic mass is 16.3. The Hall–Kier alpha value is -1.22. The molecular weight excluding hydrogens is 236 g/mol. The molecule has 0 amide bonds. The lowest BCUT2D eigenvalue weighted by Crippen LogP contribution is -2.53. The van der Waals surface area contributed by atoms with E-state index in [0.717, 1.165) is 49.3 Å². The Labute approximate surface area is 115 Å². The van der Waals surface area contributed by atoms with Gasteiger partial charge in [0, 0.05) is 19.0 Å². The van der Waals surface area contributed by atoms with E-state index < -0.39 is 5.60 Å².